The Morgan fingerprint density at radius 1 is 1.06 bits per heavy atom. The van der Waals surface area contributed by atoms with Crippen molar-refractivity contribution >= 4 is 23.4 Å². The largest absolute Gasteiger partial charge is 0.370 e. The van der Waals surface area contributed by atoms with Gasteiger partial charge < -0.3 is 9.80 Å². The molecule has 1 spiro atoms. The highest BCUT2D eigenvalue weighted by molar-refractivity contribution is 6.05. The van der Waals surface area contributed by atoms with Crippen LogP contribution < -0.4 is 10.2 Å². The molecule has 2 aromatic carbocycles. The molecule has 0 saturated carbocycles. The van der Waals surface area contributed by atoms with Gasteiger partial charge in [-0.2, -0.15) is 5.26 Å². The highest BCUT2D eigenvalue weighted by atomic mass is 16.2. The molecule has 8 nitrogen and oxygen atoms in total. The number of hydrogen-bond donors (Lipinski definition) is 1. The van der Waals surface area contributed by atoms with Crippen molar-refractivity contribution in [2.24, 2.45) is 5.41 Å². The van der Waals surface area contributed by atoms with Gasteiger partial charge in [-0.15, -0.1) is 0 Å². The summed E-state index contributed by atoms with van der Waals surface area (Å²) in [5.41, 5.74) is 4.93. The molecule has 4 heterocycles. The molecule has 8 heteroatoms. The van der Waals surface area contributed by atoms with Crippen molar-refractivity contribution in [1.29, 1.82) is 5.26 Å². The minimum atomic E-state index is -0.580. The second kappa shape index (κ2) is 8.75. The van der Waals surface area contributed by atoms with E-state index in [1.54, 1.807) is 4.90 Å². The Morgan fingerprint density at radius 2 is 1.83 bits per heavy atom. The van der Waals surface area contributed by atoms with Crippen LogP contribution in [0.3, 0.4) is 0 Å². The summed E-state index contributed by atoms with van der Waals surface area (Å²) < 4.78 is 0. The van der Waals surface area contributed by atoms with E-state index in [1.807, 2.05) is 36.4 Å². The first-order chi connectivity index (χ1) is 17.4. The summed E-state index contributed by atoms with van der Waals surface area (Å²) in [4.78, 5) is 43.2. The predicted molar refractivity (Wildman–Crippen MR) is 133 cm³/mol. The van der Waals surface area contributed by atoms with Crippen LogP contribution in [0.4, 0.5) is 5.69 Å². The van der Waals surface area contributed by atoms with Gasteiger partial charge in [0.1, 0.15) is 6.04 Å². The van der Waals surface area contributed by atoms with Gasteiger partial charge in [0, 0.05) is 49.3 Å². The molecule has 0 bridgehead atoms. The molecule has 0 radical (unpaired) electrons. The second-order valence-corrected chi connectivity index (χ2v) is 10.6. The molecule has 3 fully saturated rings. The Bertz CT molecular complexity index is 1280. The molecule has 2 aromatic rings. The van der Waals surface area contributed by atoms with Crippen molar-refractivity contribution in [2.45, 2.75) is 44.8 Å². The van der Waals surface area contributed by atoms with Gasteiger partial charge >= 0.3 is 0 Å². The van der Waals surface area contributed by atoms with Crippen molar-refractivity contribution in [1.82, 2.24) is 15.1 Å². The minimum Gasteiger partial charge on any atom is -0.370 e. The van der Waals surface area contributed by atoms with Crippen LogP contribution in [0.15, 0.2) is 42.5 Å². The van der Waals surface area contributed by atoms with Gasteiger partial charge in [0.15, 0.2) is 0 Å². The maximum Gasteiger partial charge on any atom is 0.255 e. The van der Waals surface area contributed by atoms with E-state index < -0.39 is 6.04 Å². The predicted octanol–water partition coefficient (Wildman–Crippen LogP) is 2.42. The zero-order valence-corrected chi connectivity index (χ0v) is 20.2. The van der Waals surface area contributed by atoms with E-state index in [9.17, 15) is 19.6 Å². The van der Waals surface area contributed by atoms with E-state index in [2.05, 4.69) is 27.3 Å². The van der Waals surface area contributed by atoms with Gasteiger partial charge in [0.25, 0.3) is 5.91 Å². The number of nitrogens with zero attached hydrogens (tertiary/aromatic N) is 4. The van der Waals surface area contributed by atoms with Crippen LogP contribution in [-0.2, 0) is 22.7 Å². The lowest BCUT2D eigenvalue weighted by Gasteiger charge is -2.55. The molecular weight excluding hydrogens is 454 g/mol. The number of imide groups is 1. The maximum atomic E-state index is 13.0. The number of carbonyl (C=O) groups is 3. The van der Waals surface area contributed by atoms with Crippen LogP contribution >= 0.6 is 0 Å². The van der Waals surface area contributed by atoms with E-state index in [1.165, 1.54) is 0 Å². The summed E-state index contributed by atoms with van der Waals surface area (Å²) >= 11 is 0. The Kier molecular flexibility index (Phi) is 5.53. The van der Waals surface area contributed by atoms with E-state index in [4.69, 9.17) is 0 Å². The van der Waals surface area contributed by atoms with Crippen LogP contribution in [0.1, 0.15) is 52.7 Å². The fourth-order valence-electron chi connectivity index (χ4n) is 6.21. The molecule has 1 unspecified atom stereocenters. The van der Waals surface area contributed by atoms with Crippen LogP contribution in [0.25, 0.3) is 0 Å². The van der Waals surface area contributed by atoms with Gasteiger partial charge in [-0.1, -0.05) is 18.2 Å². The number of rotatable bonds is 4. The molecule has 0 aromatic heterocycles. The third-order valence-electron chi connectivity index (χ3n) is 8.37. The van der Waals surface area contributed by atoms with Crippen molar-refractivity contribution in [3.8, 4) is 6.07 Å². The van der Waals surface area contributed by atoms with Crippen LogP contribution in [0, 0.1) is 16.7 Å². The summed E-state index contributed by atoms with van der Waals surface area (Å²) in [6.07, 6.45) is 2.93. The highest BCUT2D eigenvalue weighted by Gasteiger charge is 2.45. The molecule has 4 aliphatic rings. The molecule has 3 saturated heterocycles. The SMILES string of the molecule is N#Cc1ccccc1CN1CCC2(CC1)CN(c1ccc3c(c1)CN(C1CCC(=O)NC1=O)C3=O)C2. The molecular formula is C28H29N5O3. The fraction of sp³-hybridized carbons (Fsp3) is 0.429. The summed E-state index contributed by atoms with van der Waals surface area (Å²) in [5, 5.41) is 11.7. The van der Waals surface area contributed by atoms with Crippen LogP contribution in [0.2, 0.25) is 0 Å². The van der Waals surface area contributed by atoms with Crippen LogP contribution in [-0.4, -0.2) is 59.7 Å². The van der Waals surface area contributed by atoms with E-state index >= 15 is 0 Å². The lowest BCUT2D eigenvalue weighted by atomic mass is 9.71. The standard InChI is InChI=1S/C28H29N5O3/c29-14-19-3-1-2-4-20(19)15-31-11-9-28(10-12-31)17-32(18-28)22-5-6-23-21(13-22)16-33(27(23)36)24-7-8-25(34)30-26(24)35/h1-6,13,24H,7-12,15-18H2,(H,30,34,35). The molecule has 0 aliphatic carbocycles. The zero-order chi connectivity index (χ0) is 24.9. The number of likely N-dealkylation sites (tertiary alicyclic amines) is 1. The Labute approximate surface area is 210 Å². The number of benzene rings is 2. The topological polar surface area (TPSA) is 96.8 Å². The number of nitriles is 1. The fourth-order valence-corrected chi connectivity index (χ4v) is 6.21. The molecule has 184 valence electrons. The molecule has 6 rings (SSSR count). The van der Waals surface area contributed by atoms with Gasteiger partial charge in [0.05, 0.1) is 11.6 Å². The summed E-state index contributed by atoms with van der Waals surface area (Å²) in [6, 6.07) is 15.6. The Hall–Kier alpha value is -3.70. The molecule has 1 N–H and O–H groups in total. The highest BCUT2D eigenvalue weighted by Crippen LogP contribution is 2.43. The van der Waals surface area contributed by atoms with E-state index in [0.717, 1.165) is 67.9 Å². The monoisotopic (exact) mass is 483 g/mol. The second-order valence-electron chi connectivity index (χ2n) is 10.6. The van der Waals surface area contributed by atoms with Gasteiger partial charge in [-0.25, -0.2) is 0 Å². The average molecular weight is 484 g/mol. The number of piperidine rings is 2. The number of carbonyl (C=O) groups excluding carboxylic acids is 3. The van der Waals surface area contributed by atoms with Crippen LogP contribution in [0.5, 0.6) is 0 Å². The van der Waals surface area contributed by atoms with E-state index in [0.29, 0.717) is 23.9 Å². The first-order valence-electron chi connectivity index (χ1n) is 12.7. The molecule has 3 amide bonds. The third kappa shape index (κ3) is 3.94. The smallest absolute Gasteiger partial charge is 0.255 e. The lowest BCUT2D eigenvalue weighted by Crippen LogP contribution is -2.60. The Balaban J connectivity index is 1.06. The summed E-state index contributed by atoms with van der Waals surface area (Å²) in [7, 11) is 0. The number of anilines is 1. The molecule has 36 heavy (non-hydrogen) atoms. The van der Waals surface area contributed by atoms with Gasteiger partial charge in [0.2, 0.25) is 11.8 Å². The van der Waals surface area contributed by atoms with Crippen molar-refractivity contribution < 1.29 is 14.4 Å². The van der Waals surface area contributed by atoms with Crippen molar-refractivity contribution in [3.05, 3.63) is 64.7 Å². The number of hydrogen-bond acceptors (Lipinski definition) is 6. The number of fused-ring (bicyclic) bond motifs is 1. The zero-order valence-electron chi connectivity index (χ0n) is 20.2. The van der Waals surface area contributed by atoms with Gasteiger partial charge in [-0.05, 0) is 67.7 Å². The summed E-state index contributed by atoms with van der Waals surface area (Å²) in [5.74, 6) is -0.775. The first-order valence-corrected chi connectivity index (χ1v) is 12.7. The number of amides is 3. The van der Waals surface area contributed by atoms with Crippen molar-refractivity contribution in [3.63, 3.8) is 0 Å². The minimum absolute atomic E-state index is 0.128. The average Bonchev–Trinajstić information content (AvgIpc) is 3.19. The molecule has 1 atom stereocenters. The normalized spacial score (nSPS) is 23.3. The maximum absolute atomic E-state index is 13.0. The molecule has 4 aliphatic heterocycles. The summed E-state index contributed by atoms with van der Waals surface area (Å²) in [6.45, 7) is 5.33. The quantitative estimate of drug-likeness (QED) is 0.671. The van der Waals surface area contributed by atoms with Gasteiger partial charge in [-0.3, -0.25) is 24.6 Å². The lowest BCUT2D eigenvalue weighted by molar-refractivity contribution is -0.136. The van der Waals surface area contributed by atoms with E-state index in [-0.39, 0.29) is 24.1 Å². The number of nitrogens with one attached hydrogen (secondary N) is 1. The van der Waals surface area contributed by atoms with Crippen molar-refractivity contribution in [2.75, 3.05) is 31.1 Å². The first kappa shape index (κ1) is 22.7. The Morgan fingerprint density at radius 3 is 2.58 bits per heavy atom. The third-order valence-corrected chi connectivity index (χ3v) is 8.37.